The molecule has 0 atom stereocenters. The average molecular weight is 561 g/mol. The van der Waals surface area contributed by atoms with Gasteiger partial charge in [0.1, 0.15) is 5.75 Å². The van der Waals surface area contributed by atoms with E-state index in [4.69, 9.17) is 4.74 Å². The van der Waals surface area contributed by atoms with Crippen LogP contribution in [0.15, 0.2) is 53.5 Å². The van der Waals surface area contributed by atoms with E-state index in [-0.39, 0.29) is 35.8 Å². The lowest BCUT2D eigenvalue weighted by Crippen LogP contribution is -2.37. The maximum Gasteiger partial charge on any atom is 0.216 e. The standard InChI is InChI=1S/C22H32N4O3S.HI/c1-5-23-22(24-14-18-10-12-21(29-4)13-11-18)25-15-19-8-6-7-9-20(19)16-30(27,28)26-17(2)3;/h6-13,17,26H,5,14-16H2,1-4H3,(H2,23,24,25);1H. The monoisotopic (exact) mass is 560 g/mol. The predicted octanol–water partition coefficient (Wildman–Crippen LogP) is 3.40. The molecule has 0 aliphatic rings. The molecule has 0 aliphatic heterocycles. The van der Waals surface area contributed by atoms with Crippen LogP contribution in [0.3, 0.4) is 0 Å². The number of hydrogen-bond acceptors (Lipinski definition) is 4. The van der Waals surface area contributed by atoms with Gasteiger partial charge in [-0.3, -0.25) is 0 Å². The molecule has 31 heavy (non-hydrogen) atoms. The van der Waals surface area contributed by atoms with Crippen LogP contribution >= 0.6 is 24.0 Å². The summed E-state index contributed by atoms with van der Waals surface area (Å²) in [5, 5.41) is 6.52. The Bertz CT molecular complexity index is 932. The minimum absolute atomic E-state index is 0. The summed E-state index contributed by atoms with van der Waals surface area (Å²) in [7, 11) is -1.75. The first-order chi connectivity index (χ1) is 14.3. The van der Waals surface area contributed by atoms with Crippen LogP contribution in [0.4, 0.5) is 0 Å². The molecule has 2 aromatic rings. The lowest BCUT2D eigenvalue weighted by molar-refractivity contribution is 0.414. The molecule has 0 aromatic heterocycles. The normalized spacial score (nSPS) is 11.7. The van der Waals surface area contributed by atoms with E-state index in [1.165, 1.54) is 0 Å². The Morgan fingerprint density at radius 1 is 1.03 bits per heavy atom. The average Bonchev–Trinajstić information content (AvgIpc) is 2.70. The molecule has 0 heterocycles. The van der Waals surface area contributed by atoms with Crippen molar-refractivity contribution in [1.82, 2.24) is 15.4 Å². The molecule has 0 spiro atoms. The van der Waals surface area contributed by atoms with E-state index in [1.54, 1.807) is 7.11 Å². The zero-order valence-corrected chi connectivity index (χ0v) is 21.7. The molecule has 2 rings (SSSR count). The first-order valence-corrected chi connectivity index (χ1v) is 11.7. The zero-order valence-electron chi connectivity index (χ0n) is 18.5. The summed E-state index contributed by atoms with van der Waals surface area (Å²) < 4.78 is 32.5. The summed E-state index contributed by atoms with van der Waals surface area (Å²) in [5.74, 6) is 1.43. The summed E-state index contributed by atoms with van der Waals surface area (Å²) in [6.07, 6.45) is 0. The van der Waals surface area contributed by atoms with E-state index < -0.39 is 10.0 Å². The Labute approximate surface area is 203 Å². The van der Waals surface area contributed by atoms with Crippen molar-refractivity contribution >= 4 is 40.0 Å². The molecule has 0 radical (unpaired) electrons. The van der Waals surface area contributed by atoms with Gasteiger partial charge in [-0.15, -0.1) is 24.0 Å². The minimum atomic E-state index is -3.39. The van der Waals surface area contributed by atoms with Gasteiger partial charge in [-0.2, -0.15) is 0 Å². The molecular formula is C22H33IN4O3S. The van der Waals surface area contributed by atoms with Crippen molar-refractivity contribution in [2.45, 2.75) is 45.7 Å². The van der Waals surface area contributed by atoms with E-state index in [9.17, 15) is 8.42 Å². The van der Waals surface area contributed by atoms with Crippen LogP contribution < -0.4 is 20.1 Å². The van der Waals surface area contributed by atoms with Crippen LogP contribution in [0.1, 0.15) is 37.5 Å². The third kappa shape index (κ3) is 9.88. The molecule has 0 saturated heterocycles. The summed E-state index contributed by atoms with van der Waals surface area (Å²) in [4.78, 5) is 4.62. The number of guanidine groups is 1. The Balaban J connectivity index is 0.00000480. The third-order valence-electron chi connectivity index (χ3n) is 4.25. The van der Waals surface area contributed by atoms with Crippen molar-refractivity contribution < 1.29 is 13.2 Å². The second-order valence-electron chi connectivity index (χ2n) is 7.20. The summed E-state index contributed by atoms with van der Waals surface area (Å²) >= 11 is 0. The molecule has 0 aliphatic carbocycles. The van der Waals surface area contributed by atoms with E-state index in [2.05, 4.69) is 20.3 Å². The van der Waals surface area contributed by atoms with Crippen LogP contribution in [0.2, 0.25) is 0 Å². The molecule has 0 saturated carbocycles. The number of ether oxygens (including phenoxy) is 1. The zero-order chi connectivity index (χ0) is 22.0. The van der Waals surface area contributed by atoms with Crippen molar-refractivity contribution in [3.63, 3.8) is 0 Å². The van der Waals surface area contributed by atoms with Gasteiger partial charge in [0.25, 0.3) is 0 Å². The van der Waals surface area contributed by atoms with Crippen molar-refractivity contribution in [2.24, 2.45) is 4.99 Å². The van der Waals surface area contributed by atoms with Crippen LogP contribution in [0.5, 0.6) is 5.75 Å². The van der Waals surface area contributed by atoms with Crippen LogP contribution in [-0.2, 0) is 28.9 Å². The molecule has 9 heteroatoms. The van der Waals surface area contributed by atoms with Gasteiger partial charge in [0.2, 0.25) is 10.0 Å². The first-order valence-electron chi connectivity index (χ1n) is 10.0. The van der Waals surface area contributed by atoms with Crippen LogP contribution in [-0.4, -0.2) is 34.1 Å². The van der Waals surface area contributed by atoms with Gasteiger partial charge in [0.05, 0.1) is 19.4 Å². The van der Waals surface area contributed by atoms with Gasteiger partial charge in [-0.1, -0.05) is 36.4 Å². The number of rotatable bonds is 10. The van der Waals surface area contributed by atoms with E-state index >= 15 is 0 Å². The minimum Gasteiger partial charge on any atom is -0.497 e. The molecule has 0 bridgehead atoms. The van der Waals surface area contributed by atoms with Crippen LogP contribution in [0.25, 0.3) is 0 Å². The summed E-state index contributed by atoms with van der Waals surface area (Å²) in [6.45, 7) is 7.35. The number of benzene rings is 2. The predicted molar refractivity (Wildman–Crippen MR) is 137 cm³/mol. The number of nitrogens with one attached hydrogen (secondary N) is 3. The molecule has 0 fully saturated rings. The molecular weight excluding hydrogens is 527 g/mol. The summed E-state index contributed by atoms with van der Waals surface area (Å²) in [5.41, 5.74) is 2.75. The molecule has 0 amide bonds. The lowest BCUT2D eigenvalue weighted by atomic mass is 10.1. The van der Waals surface area contributed by atoms with E-state index in [1.807, 2.05) is 69.3 Å². The topological polar surface area (TPSA) is 91.8 Å². The summed E-state index contributed by atoms with van der Waals surface area (Å²) in [6, 6.07) is 15.2. The Morgan fingerprint density at radius 2 is 1.68 bits per heavy atom. The SMILES string of the molecule is CCNC(=NCc1ccc(OC)cc1)NCc1ccccc1CS(=O)(=O)NC(C)C.I. The highest BCUT2D eigenvalue weighted by molar-refractivity contribution is 14.0. The fraction of sp³-hybridized carbons (Fsp3) is 0.409. The smallest absolute Gasteiger partial charge is 0.216 e. The van der Waals surface area contributed by atoms with Gasteiger partial charge < -0.3 is 15.4 Å². The molecule has 172 valence electrons. The maximum absolute atomic E-state index is 12.3. The highest BCUT2D eigenvalue weighted by atomic mass is 127. The molecule has 2 aromatic carbocycles. The number of sulfonamides is 1. The van der Waals surface area contributed by atoms with Gasteiger partial charge in [-0.25, -0.2) is 18.1 Å². The van der Waals surface area contributed by atoms with Gasteiger partial charge in [0, 0.05) is 19.1 Å². The van der Waals surface area contributed by atoms with Crippen LogP contribution in [0, 0.1) is 0 Å². The Kier molecular flexibility index (Phi) is 11.9. The Hall–Kier alpha value is -1.85. The van der Waals surface area contributed by atoms with E-state index in [0.717, 1.165) is 29.0 Å². The second-order valence-corrected chi connectivity index (χ2v) is 8.95. The van der Waals surface area contributed by atoms with Gasteiger partial charge >= 0.3 is 0 Å². The van der Waals surface area contributed by atoms with Crippen molar-refractivity contribution in [3.8, 4) is 5.75 Å². The largest absolute Gasteiger partial charge is 0.497 e. The number of halogens is 1. The third-order valence-corrected chi connectivity index (χ3v) is 5.77. The second kappa shape index (κ2) is 13.5. The van der Waals surface area contributed by atoms with Gasteiger partial charge in [0.15, 0.2) is 5.96 Å². The number of aliphatic imine (C=N–C) groups is 1. The molecule has 3 N–H and O–H groups in total. The van der Waals surface area contributed by atoms with Crippen molar-refractivity contribution in [3.05, 3.63) is 65.2 Å². The first kappa shape index (κ1) is 27.2. The number of nitrogens with zero attached hydrogens (tertiary/aromatic N) is 1. The van der Waals surface area contributed by atoms with E-state index in [0.29, 0.717) is 19.0 Å². The lowest BCUT2D eigenvalue weighted by Gasteiger charge is -2.15. The molecule has 7 nitrogen and oxygen atoms in total. The highest BCUT2D eigenvalue weighted by Gasteiger charge is 2.15. The fourth-order valence-corrected chi connectivity index (χ4v) is 4.39. The van der Waals surface area contributed by atoms with Crippen molar-refractivity contribution in [1.29, 1.82) is 0 Å². The maximum atomic E-state index is 12.3. The Morgan fingerprint density at radius 3 is 2.26 bits per heavy atom. The highest BCUT2D eigenvalue weighted by Crippen LogP contribution is 2.13. The number of hydrogen-bond donors (Lipinski definition) is 3. The number of methoxy groups -OCH3 is 1. The fourth-order valence-electron chi connectivity index (χ4n) is 2.90. The molecule has 0 unspecified atom stereocenters. The van der Waals surface area contributed by atoms with Gasteiger partial charge in [-0.05, 0) is 49.6 Å². The van der Waals surface area contributed by atoms with Crippen molar-refractivity contribution in [2.75, 3.05) is 13.7 Å². The quantitative estimate of drug-likeness (QED) is 0.236.